The largest absolute Gasteiger partial charge is 0.481 e. The van der Waals surface area contributed by atoms with Crippen LogP contribution in [0, 0.1) is 11.8 Å². The highest BCUT2D eigenvalue weighted by molar-refractivity contribution is 5.78. The van der Waals surface area contributed by atoms with Crippen molar-refractivity contribution in [2.75, 3.05) is 0 Å². The second-order valence-corrected chi connectivity index (χ2v) is 6.76. The molecule has 0 amide bonds. The Morgan fingerprint density at radius 3 is 1.14 bits per heavy atom. The first kappa shape index (κ1) is 19.9. The fraction of sp³-hybridized carbons (Fsp3) is 0.300. The topological polar surface area (TPSA) is 74.6 Å². The van der Waals surface area contributed by atoms with Crippen molar-refractivity contribution in [3.05, 3.63) is 71.8 Å². The molecular formula is C20H16F4O4. The molecule has 2 aliphatic rings. The fourth-order valence-corrected chi connectivity index (χ4v) is 3.42. The van der Waals surface area contributed by atoms with E-state index in [-0.39, 0.29) is 0 Å². The van der Waals surface area contributed by atoms with E-state index < -0.39 is 47.5 Å². The predicted octanol–water partition coefficient (Wildman–Crippen LogP) is 4.24. The van der Waals surface area contributed by atoms with E-state index in [0.717, 1.165) is 0 Å². The number of alkyl halides is 4. The third-order valence-corrected chi connectivity index (χ3v) is 4.96. The molecule has 8 heteroatoms. The summed E-state index contributed by atoms with van der Waals surface area (Å²) in [5.74, 6) is -14.4. The standard InChI is InChI=1S/2C10H8F2O2/c2*11-10(12)7(8(10)9(13)14)6-4-2-1-3-5-6/h2*1-5,7-8H,(H,13,14)/t2*7-,8+/m10/s1. The number of aliphatic carboxylic acids is 2. The van der Waals surface area contributed by atoms with Crippen LogP contribution in [0.1, 0.15) is 23.0 Å². The summed E-state index contributed by atoms with van der Waals surface area (Å²) in [6.45, 7) is 0. The Morgan fingerprint density at radius 1 is 0.643 bits per heavy atom. The highest BCUT2D eigenvalue weighted by Crippen LogP contribution is 2.62. The van der Waals surface area contributed by atoms with Gasteiger partial charge in [0.15, 0.2) is 0 Å². The van der Waals surface area contributed by atoms with Crippen LogP contribution in [0.15, 0.2) is 60.7 Å². The van der Waals surface area contributed by atoms with Gasteiger partial charge in [-0.1, -0.05) is 60.7 Å². The van der Waals surface area contributed by atoms with Gasteiger partial charge in [-0.2, -0.15) is 0 Å². The van der Waals surface area contributed by atoms with Crippen LogP contribution < -0.4 is 0 Å². The summed E-state index contributed by atoms with van der Waals surface area (Å²) in [7, 11) is 0. The Kier molecular flexibility index (Phi) is 4.91. The molecule has 0 aliphatic heterocycles. The van der Waals surface area contributed by atoms with Crippen LogP contribution in [0.5, 0.6) is 0 Å². The molecule has 0 unspecified atom stereocenters. The van der Waals surface area contributed by atoms with Gasteiger partial charge in [-0.15, -0.1) is 0 Å². The van der Waals surface area contributed by atoms with E-state index in [1.807, 2.05) is 0 Å². The molecule has 4 rings (SSSR count). The molecule has 2 saturated carbocycles. The summed E-state index contributed by atoms with van der Waals surface area (Å²) in [6, 6.07) is 16.0. The van der Waals surface area contributed by atoms with Gasteiger partial charge in [0.2, 0.25) is 0 Å². The van der Waals surface area contributed by atoms with Crippen LogP contribution in [0.3, 0.4) is 0 Å². The van der Waals surface area contributed by atoms with Gasteiger partial charge in [0.25, 0.3) is 11.8 Å². The van der Waals surface area contributed by atoms with Gasteiger partial charge in [-0.05, 0) is 11.1 Å². The number of benzene rings is 2. The van der Waals surface area contributed by atoms with E-state index in [1.165, 1.54) is 24.3 Å². The maximum Gasteiger partial charge on any atom is 0.313 e. The zero-order valence-electron chi connectivity index (χ0n) is 14.3. The monoisotopic (exact) mass is 396 g/mol. The number of hydrogen-bond donors (Lipinski definition) is 2. The van der Waals surface area contributed by atoms with Crippen molar-refractivity contribution < 1.29 is 37.4 Å². The zero-order chi connectivity index (χ0) is 20.7. The maximum absolute atomic E-state index is 13.0. The number of carbonyl (C=O) groups is 2. The van der Waals surface area contributed by atoms with Crippen LogP contribution >= 0.6 is 0 Å². The number of carboxylic acids is 2. The molecule has 2 aliphatic carbocycles. The normalized spacial score (nSPS) is 28.4. The second-order valence-electron chi connectivity index (χ2n) is 6.76. The summed E-state index contributed by atoms with van der Waals surface area (Å²) >= 11 is 0. The Bertz CT molecular complexity index is 797. The predicted molar refractivity (Wildman–Crippen MR) is 90.5 cm³/mol. The van der Waals surface area contributed by atoms with Crippen LogP contribution in [0.4, 0.5) is 17.6 Å². The average Bonchev–Trinajstić information content (AvgIpc) is 3.44. The molecule has 0 heterocycles. The first-order valence-electron chi connectivity index (χ1n) is 8.41. The summed E-state index contributed by atoms with van der Waals surface area (Å²) in [5.41, 5.74) is 0.787. The third kappa shape index (κ3) is 3.46. The van der Waals surface area contributed by atoms with Gasteiger partial charge in [0.1, 0.15) is 11.8 Å². The van der Waals surface area contributed by atoms with E-state index >= 15 is 0 Å². The number of halogens is 4. The minimum Gasteiger partial charge on any atom is -0.481 e. The summed E-state index contributed by atoms with van der Waals surface area (Å²) in [6.07, 6.45) is 0. The van der Waals surface area contributed by atoms with Crippen molar-refractivity contribution in [3.8, 4) is 0 Å². The molecule has 4 nitrogen and oxygen atoms in total. The van der Waals surface area contributed by atoms with Crippen molar-refractivity contribution in [2.24, 2.45) is 11.8 Å². The highest BCUT2D eigenvalue weighted by atomic mass is 19.3. The van der Waals surface area contributed by atoms with Crippen molar-refractivity contribution in [1.82, 2.24) is 0 Å². The molecular weight excluding hydrogens is 380 g/mol. The highest BCUT2D eigenvalue weighted by Gasteiger charge is 2.73. The number of hydrogen-bond acceptors (Lipinski definition) is 2. The lowest BCUT2D eigenvalue weighted by molar-refractivity contribution is -0.142. The number of rotatable bonds is 4. The Hall–Kier alpha value is -2.90. The molecule has 148 valence electrons. The average molecular weight is 396 g/mol. The van der Waals surface area contributed by atoms with Crippen molar-refractivity contribution in [1.29, 1.82) is 0 Å². The summed E-state index contributed by atoms with van der Waals surface area (Å²) in [4.78, 5) is 21.0. The maximum atomic E-state index is 13.0. The number of carboxylic acid groups (broad SMARTS) is 2. The van der Waals surface area contributed by atoms with Crippen molar-refractivity contribution in [2.45, 2.75) is 23.7 Å². The molecule has 4 atom stereocenters. The van der Waals surface area contributed by atoms with Crippen molar-refractivity contribution in [3.63, 3.8) is 0 Å². The second kappa shape index (κ2) is 6.92. The Balaban J connectivity index is 0.000000161. The van der Waals surface area contributed by atoms with Crippen LogP contribution in [0.25, 0.3) is 0 Å². The zero-order valence-corrected chi connectivity index (χ0v) is 14.3. The van der Waals surface area contributed by atoms with Gasteiger partial charge in [-0.3, -0.25) is 9.59 Å². The smallest absolute Gasteiger partial charge is 0.313 e. The van der Waals surface area contributed by atoms with E-state index in [1.54, 1.807) is 36.4 Å². The quantitative estimate of drug-likeness (QED) is 0.759. The third-order valence-electron chi connectivity index (χ3n) is 4.96. The van der Waals surface area contributed by atoms with Gasteiger partial charge in [0.05, 0.1) is 11.8 Å². The molecule has 2 fully saturated rings. The van der Waals surface area contributed by atoms with Gasteiger partial charge < -0.3 is 10.2 Å². The van der Waals surface area contributed by atoms with Crippen LogP contribution in [-0.2, 0) is 9.59 Å². The molecule has 2 aromatic carbocycles. The first-order valence-corrected chi connectivity index (χ1v) is 8.41. The van der Waals surface area contributed by atoms with Crippen molar-refractivity contribution >= 4 is 11.9 Å². The fourth-order valence-electron chi connectivity index (χ4n) is 3.42. The van der Waals surface area contributed by atoms with E-state index in [2.05, 4.69) is 0 Å². The van der Waals surface area contributed by atoms with Gasteiger partial charge in [-0.25, -0.2) is 17.6 Å². The summed E-state index contributed by atoms with van der Waals surface area (Å²) < 4.78 is 52.1. The Labute approximate surface area is 157 Å². The molecule has 0 bridgehead atoms. The lowest BCUT2D eigenvalue weighted by Crippen LogP contribution is -2.04. The molecule has 0 saturated heterocycles. The van der Waals surface area contributed by atoms with E-state index in [9.17, 15) is 27.2 Å². The molecule has 0 spiro atoms. The summed E-state index contributed by atoms with van der Waals surface area (Å²) in [5, 5.41) is 17.1. The first-order chi connectivity index (χ1) is 13.1. The molecule has 0 aromatic heterocycles. The van der Waals surface area contributed by atoms with Gasteiger partial charge >= 0.3 is 11.9 Å². The lowest BCUT2D eigenvalue weighted by atomic mass is 10.1. The molecule has 2 N–H and O–H groups in total. The minimum atomic E-state index is -3.09. The SMILES string of the molecule is O=C(O)[C@@H]1[C@@H](c2ccccc2)C1(F)F.O=C(O)[C@H]1[C@H](c2ccccc2)C1(F)F. The lowest BCUT2D eigenvalue weighted by Gasteiger charge is -1.95. The van der Waals surface area contributed by atoms with Crippen LogP contribution in [0.2, 0.25) is 0 Å². The minimum absolute atomic E-state index is 0.393. The molecule has 28 heavy (non-hydrogen) atoms. The van der Waals surface area contributed by atoms with E-state index in [4.69, 9.17) is 10.2 Å². The van der Waals surface area contributed by atoms with E-state index in [0.29, 0.717) is 11.1 Å². The molecule has 2 aromatic rings. The molecule has 0 radical (unpaired) electrons. The van der Waals surface area contributed by atoms with Crippen LogP contribution in [-0.4, -0.2) is 34.0 Å². The van der Waals surface area contributed by atoms with Gasteiger partial charge in [0, 0.05) is 0 Å². The Morgan fingerprint density at radius 2 is 0.929 bits per heavy atom.